The third-order valence-corrected chi connectivity index (χ3v) is 5.24. The smallest absolute Gasteiger partial charge is 0.416 e. The number of carbonyl (C=O) groups is 1. The molecule has 0 spiro atoms. The molecular formula is C21H15F3N4O2S. The monoisotopic (exact) mass is 444 g/mol. The van der Waals surface area contributed by atoms with Crippen molar-refractivity contribution in [2.45, 2.75) is 22.6 Å². The van der Waals surface area contributed by atoms with E-state index in [0.29, 0.717) is 23.0 Å². The molecule has 0 unspecified atom stereocenters. The molecular weight excluding hydrogens is 429 g/mol. The average molecular weight is 444 g/mol. The summed E-state index contributed by atoms with van der Waals surface area (Å²) in [5.41, 5.74) is -0.531. The quantitative estimate of drug-likeness (QED) is 0.435. The van der Waals surface area contributed by atoms with E-state index < -0.39 is 17.6 Å². The van der Waals surface area contributed by atoms with Gasteiger partial charge in [-0.2, -0.15) is 18.3 Å². The minimum atomic E-state index is -4.45. The molecule has 1 aromatic carbocycles. The lowest BCUT2D eigenvalue weighted by molar-refractivity contribution is -0.137. The van der Waals surface area contributed by atoms with Crippen LogP contribution in [0.2, 0.25) is 0 Å². The number of furan rings is 1. The summed E-state index contributed by atoms with van der Waals surface area (Å²) in [6, 6.07) is 13.2. The van der Waals surface area contributed by atoms with Gasteiger partial charge in [-0.3, -0.25) is 4.79 Å². The molecule has 0 bridgehead atoms. The molecule has 158 valence electrons. The first-order valence-corrected chi connectivity index (χ1v) is 9.87. The maximum absolute atomic E-state index is 13.0. The number of rotatable bonds is 6. The van der Waals surface area contributed by atoms with Crippen LogP contribution in [-0.2, 0) is 12.7 Å². The Hall–Kier alpha value is -3.53. The fraction of sp³-hybridized carbons (Fsp3) is 0.0952. The second-order valence-corrected chi connectivity index (χ2v) is 7.45. The second kappa shape index (κ2) is 8.68. The topological polar surface area (TPSA) is 73.0 Å². The molecule has 0 saturated carbocycles. The largest absolute Gasteiger partial charge is 0.467 e. The lowest BCUT2D eigenvalue weighted by Crippen LogP contribution is -2.17. The number of amides is 1. The lowest BCUT2D eigenvalue weighted by Gasteiger charge is -2.11. The van der Waals surface area contributed by atoms with Gasteiger partial charge in [-0.05, 0) is 42.5 Å². The first-order chi connectivity index (χ1) is 14.9. The molecule has 0 atom stereocenters. The van der Waals surface area contributed by atoms with Crippen LogP contribution in [0.5, 0.6) is 0 Å². The first-order valence-electron chi connectivity index (χ1n) is 9.06. The van der Waals surface area contributed by atoms with E-state index in [1.165, 1.54) is 18.3 Å². The second-order valence-electron chi connectivity index (χ2n) is 6.39. The normalized spacial score (nSPS) is 11.5. The highest BCUT2D eigenvalue weighted by molar-refractivity contribution is 7.99. The number of halogens is 3. The zero-order valence-corrected chi connectivity index (χ0v) is 16.7. The fourth-order valence-corrected chi connectivity index (χ4v) is 3.73. The zero-order valence-electron chi connectivity index (χ0n) is 15.8. The van der Waals surface area contributed by atoms with Crippen molar-refractivity contribution in [1.29, 1.82) is 0 Å². The lowest BCUT2D eigenvalue weighted by atomic mass is 10.2. The number of benzene rings is 1. The van der Waals surface area contributed by atoms with E-state index in [0.717, 1.165) is 23.9 Å². The summed E-state index contributed by atoms with van der Waals surface area (Å²) in [5, 5.41) is 7.23. The Kier molecular flexibility index (Phi) is 5.81. The van der Waals surface area contributed by atoms with E-state index >= 15 is 0 Å². The number of nitrogens with one attached hydrogen (secondary N) is 1. The maximum atomic E-state index is 13.0. The Morgan fingerprint density at radius 3 is 2.74 bits per heavy atom. The number of aromatic nitrogens is 3. The fourth-order valence-electron chi connectivity index (χ4n) is 2.79. The SMILES string of the molecule is O=C(Nc1ccnn1Cc1ccco1)c1cccnc1Sc1cccc(C(F)(F)F)c1. The van der Waals surface area contributed by atoms with Crippen molar-refractivity contribution < 1.29 is 22.4 Å². The third kappa shape index (κ3) is 4.97. The average Bonchev–Trinajstić information content (AvgIpc) is 3.41. The van der Waals surface area contributed by atoms with Crippen molar-refractivity contribution in [2.24, 2.45) is 0 Å². The maximum Gasteiger partial charge on any atom is 0.416 e. The Labute approximate surface area is 179 Å². The minimum absolute atomic E-state index is 0.232. The van der Waals surface area contributed by atoms with Crippen molar-refractivity contribution >= 4 is 23.5 Å². The van der Waals surface area contributed by atoms with E-state index in [-0.39, 0.29) is 10.6 Å². The van der Waals surface area contributed by atoms with Crippen molar-refractivity contribution in [1.82, 2.24) is 14.8 Å². The van der Waals surface area contributed by atoms with Gasteiger partial charge in [0.15, 0.2) is 0 Å². The number of carbonyl (C=O) groups excluding carboxylic acids is 1. The number of pyridine rings is 1. The standard InChI is InChI=1S/C21H15F3N4O2S/c22-21(23,24)14-4-1-6-16(12-14)31-20-17(7-2-9-25-20)19(29)27-18-8-10-26-28(18)13-15-5-3-11-30-15/h1-12H,13H2,(H,27,29). The van der Waals surface area contributed by atoms with Gasteiger partial charge in [0.2, 0.25) is 0 Å². The van der Waals surface area contributed by atoms with Crippen LogP contribution in [-0.4, -0.2) is 20.7 Å². The highest BCUT2D eigenvalue weighted by atomic mass is 32.2. The highest BCUT2D eigenvalue weighted by Gasteiger charge is 2.30. The summed E-state index contributed by atoms with van der Waals surface area (Å²) in [6.07, 6.45) is 0.116. The first kappa shape index (κ1) is 20.7. The summed E-state index contributed by atoms with van der Waals surface area (Å²) in [4.78, 5) is 17.4. The molecule has 3 heterocycles. The van der Waals surface area contributed by atoms with Gasteiger partial charge in [0.1, 0.15) is 23.1 Å². The zero-order chi connectivity index (χ0) is 21.8. The van der Waals surface area contributed by atoms with Gasteiger partial charge in [0.05, 0.1) is 23.6 Å². The van der Waals surface area contributed by atoms with Crippen LogP contribution < -0.4 is 5.32 Å². The molecule has 0 aliphatic rings. The molecule has 4 rings (SSSR count). The van der Waals surface area contributed by atoms with Crippen LogP contribution in [0, 0.1) is 0 Å². The van der Waals surface area contributed by atoms with Crippen LogP contribution >= 0.6 is 11.8 Å². The van der Waals surface area contributed by atoms with E-state index in [2.05, 4.69) is 15.4 Å². The Morgan fingerprint density at radius 2 is 1.97 bits per heavy atom. The molecule has 0 saturated heterocycles. The summed E-state index contributed by atoms with van der Waals surface area (Å²) < 4.78 is 45.9. The van der Waals surface area contributed by atoms with Gasteiger partial charge < -0.3 is 9.73 Å². The van der Waals surface area contributed by atoms with E-state index in [1.807, 2.05) is 0 Å². The summed E-state index contributed by atoms with van der Waals surface area (Å²) in [5.74, 6) is 0.658. The molecule has 0 radical (unpaired) electrons. The van der Waals surface area contributed by atoms with Crippen LogP contribution in [0.1, 0.15) is 21.7 Å². The number of nitrogens with zero attached hydrogens (tertiary/aromatic N) is 3. The molecule has 3 aromatic heterocycles. The van der Waals surface area contributed by atoms with E-state index in [9.17, 15) is 18.0 Å². The van der Waals surface area contributed by atoms with Gasteiger partial charge in [0.25, 0.3) is 5.91 Å². The van der Waals surface area contributed by atoms with Crippen LogP contribution in [0.25, 0.3) is 0 Å². The number of alkyl halides is 3. The van der Waals surface area contributed by atoms with Crippen molar-refractivity contribution in [2.75, 3.05) is 5.32 Å². The van der Waals surface area contributed by atoms with Crippen molar-refractivity contribution in [3.63, 3.8) is 0 Å². The van der Waals surface area contributed by atoms with Crippen LogP contribution in [0.3, 0.4) is 0 Å². The summed E-state index contributed by atoms with van der Waals surface area (Å²) in [7, 11) is 0. The number of hydrogen-bond acceptors (Lipinski definition) is 5. The van der Waals surface area contributed by atoms with Gasteiger partial charge in [-0.15, -0.1) is 0 Å². The van der Waals surface area contributed by atoms with Crippen molar-refractivity contribution in [3.8, 4) is 0 Å². The van der Waals surface area contributed by atoms with Gasteiger partial charge in [0, 0.05) is 17.2 Å². The van der Waals surface area contributed by atoms with E-state index in [1.54, 1.807) is 47.5 Å². The van der Waals surface area contributed by atoms with Gasteiger partial charge in [-0.1, -0.05) is 17.8 Å². The molecule has 1 amide bonds. The Bertz CT molecular complexity index is 1190. The molecule has 6 nitrogen and oxygen atoms in total. The number of anilines is 1. The molecule has 0 aliphatic carbocycles. The summed E-state index contributed by atoms with van der Waals surface area (Å²) >= 11 is 0.984. The van der Waals surface area contributed by atoms with E-state index in [4.69, 9.17) is 4.42 Å². The number of hydrogen-bond donors (Lipinski definition) is 1. The van der Waals surface area contributed by atoms with Crippen LogP contribution in [0.15, 0.2) is 87.6 Å². The molecule has 1 N–H and O–H groups in total. The predicted octanol–water partition coefficient (Wildman–Crippen LogP) is 5.34. The minimum Gasteiger partial charge on any atom is -0.467 e. The molecule has 0 aliphatic heterocycles. The third-order valence-electron chi connectivity index (χ3n) is 4.24. The van der Waals surface area contributed by atoms with Gasteiger partial charge >= 0.3 is 6.18 Å². The Morgan fingerprint density at radius 1 is 1.10 bits per heavy atom. The predicted molar refractivity (Wildman–Crippen MR) is 108 cm³/mol. The van der Waals surface area contributed by atoms with Crippen molar-refractivity contribution in [3.05, 3.63) is 90.1 Å². The molecule has 31 heavy (non-hydrogen) atoms. The molecule has 10 heteroatoms. The van der Waals surface area contributed by atoms with Crippen LogP contribution in [0.4, 0.5) is 19.0 Å². The molecule has 4 aromatic rings. The molecule has 0 fully saturated rings. The Balaban J connectivity index is 1.54. The highest BCUT2D eigenvalue weighted by Crippen LogP contribution is 2.34. The van der Waals surface area contributed by atoms with Gasteiger partial charge in [-0.25, -0.2) is 9.67 Å². The summed E-state index contributed by atoms with van der Waals surface area (Å²) in [6.45, 7) is 0.328.